The molecule has 4 aromatic carbocycles. The van der Waals surface area contributed by atoms with Crippen molar-refractivity contribution in [2.45, 2.75) is 18.3 Å². The molecule has 0 saturated heterocycles. The van der Waals surface area contributed by atoms with E-state index in [4.69, 9.17) is 4.98 Å². The van der Waals surface area contributed by atoms with Crippen molar-refractivity contribution in [3.63, 3.8) is 0 Å². The van der Waals surface area contributed by atoms with Crippen molar-refractivity contribution in [2.24, 2.45) is 0 Å². The van der Waals surface area contributed by atoms with Crippen LogP contribution >= 0.6 is 0 Å². The monoisotopic (exact) mass is 421 g/mol. The molecule has 0 amide bonds. The molecule has 0 aliphatic heterocycles. The first-order valence-corrected chi connectivity index (χ1v) is 11.7. The van der Waals surface area contributed by atoms with Crippen LogP contribution in [0.3, 0.4) is 0 Å². The second kappa shape index (κ2) is 7.02. The lowest BCUT2D eigenvalue weighted by atomic mass is 9.76. The molecule has 0 radical (unpaired) electrons. The zero-order chi connectivity index (χ0) is 21.8. The predicted molar refractivity (Wildman–Crippen MR) is 135 cm³/mol. The highest BCUT2D eigenvalue weighted by Gasteiger charge is 2.46. The summed E-state index contributed by atoms with van der Waals surface area (Å²) in [6, 6.07) is 39.8. The zero-order valence-corrected chi connectivity index (χ0v) is 18.3. The standard InChI is InChI=1S/C32H23N/c1-2-9-22(10-3-1)31-26(13-8-18-33-31)23-16-17-24-20-32(21-25(24)19-23)29-14-6-4-11-27(29)28-12-5-7-15-30(28)32/h1-19H,20-21H2. The van der Waals surface area contributed by atoms with Gasteiger partial charge >= 0.3 is 0 Å². The Morgan fingerprint density at radius 2 is 1.15 bits per heavy atom. The Morgan fingerprint density at radius 1 is 0.515 bits per heavy atom. The van der Waals surface area contributed by atoms with Gasteiger partial charge in [0, 0.05) is 22.7 Å². The smallest absolute Gasteiger partial charge is 0.0780 e. The molecule has 0 fully saturated rings. The van der Waals surface area contributed by atoms with Crippen LogP contribution < -0.4 is 0 Å². The van der Waals surface area contributed by atoms with Crippen LogP contribution in [0.15, 0.2) is 115 Å². The molecule has 33 heavy (non-hydrogen) atoms. The Labute approximate surface area is 194 Å². The molecule has 7 rings (SSSR count). The van der Waals surface area contributed by atoms with Gasteiger partial charge < -0.3 is 0 Å². The van der Waals surface area contributed by atoms with Crippen molar-refractivity contribution in [1.29, 1.82) is 0 Å². The molecule has 2 aliphatic rings. The highest BCUT2D eigenvalue weighted by Crippen LogP contribution is 2.55. The van der Waals surface area contributed by atoms with E-state index in [9.17, 15) is 0 Å². The highest BCUT2D eigenvalue weighted by atomic mass is 14.7. The van der Waals surface area contributed by atoms with E-state index in [1.165, 1.54) is 44.5 Å². The van der Waals surface area contributed by atoms with Crippen LogP contribution in [0.4, 0.5) is 0 Å². The number of pyridine rings is 1. The fourth-order valence-corrected chi connectivity index (χ4v) is 6.10. The molecule has 156 valence electrons. The molecule has 1 nitrogen and oxygen atoms in total. The average molecular weight is 422 g/mol. The van der Waals surface area contributed by atoms with Gasteiger partial charge in [0.1, 0.15) is 0 Å². The van der Waals surface area contributed by atoms with Gasteiger partial charge in [-0.25, -0.2) is 0 Å². The Kier molecular flexibility index (Phi) is 3.95. The van der Waals surface area contributed by atoms with Crippen molar-refractivity contribution in [3.05, 3.63) is 138 Å². The third-order valence-corrected chi connectivity index (χ3v) is 7.53. The topological polar surface area (TPSA) is 12.9 Å². The largest absolute Gasteiger partial charge is 0.256 e. The van der Waals surface area contributed by atoms with E-state index < -0.39 is 0 Å². The predicted octanol–water partition coefficient (Wildman–Crippen LogP) is 7.48. The zero-order valence-electron chi connectivity index (χ0n) is 18.3. The van der Waals surface area contributed by atoms with Crippen LogP contribution in [-0.2, 0) is 18.3 Å². The minimum atomic E-state index is 0.0470. The van der Waals surface area contributed by atoms with E-state index in [-0.39, 0.29) is 5.41 Å². The second-order valence-electron chi connectivity index (χ2n) is 9.28. The van der Waals surface area contributed by atoms with Gasteiger partial charge in [0.25, 0.3) is 0 Å². The summed E-state index contributed by atoms with van der Waals surface area (Å²) in [5.41, 5.74) is 13.4. The Bertz CT molecular complexity index is 1470. The molecule has 0 saturated carbocycles. The summed E-state index contributed by atoms with van der Waals surface area (Å²) in [6.07, 6.45) is 4.00. The second-order valence-corrected chi connectivity index (χ2v) is 9.28. The maximum absolute atomic E-state index is 4.75. The molecule has 1 spiro atoms. The number of hydrogen-bond donors (Lipinski definition) is 0. The van der Waals surface area contributed by atoms with Gasteiger partial charge in [-0.1, -0.05) is 103 Å². The molecular formula is C32H23N. The molecule has 1 heteroatoms. The quantitative estimate of drug-likeness (QED) is 0.288. The minimum Gasteiger partial charge on any atom is -0.256 e. The Morgan fingerprint density at radius 3 is 1.91 bits per heavy atom. The summed E-state index contributed by atoms with van der Waals surface area (Å²) >= 11 is 0. The van der Waals surface area contributed by atoms with Crippen molar-refractivity contribution >= 4 is 0 Å². The third kappa shape index (κ3) is 2.69. The summed E-state index contributed by atoms with van der Waals surface area (Å²) in [4.78, 5) is 4.75. The molecule has 5 aromatic rings. The van der Waals surface area contributed by atoms with Crippen molar-refractivity contribution < 1.29 is 0 Å². The van der Waals surface area contributed by atoms with Gasteiger partial charge in [-0.2, -0.15) is 0 Å². The van der Waals surface area contributed by atoms with E-state index in [0.29, 0.717) is 0 Å². The Balaban J connectivity index is 1.36. The van der Waals surface area contributed by atoms with Crippen LogP contribution in [-0.4, -0.2) is 4.98 Å². The van der Waals surface area contributed by atoms with Crippen molar-refractivity contribution in [2.75, 3.05) is 0 Å². The SMILES string of the molecule is c1ccc(-c2ncccc2-c2ccc3c(c2)CC2(C3)c3ccccc3-c3ccccc32)cc1. The number of rotatable bonds is 2. The van der Waals surface area contributed by atoms with E-state index in [0.717, 1.165) is 24.1 Å². The van der Waals surface area contributed by atoms with Crippen LogP contribution in [0.2, 0.25) is 0 Å². The van der Waals surface area contributed by atoms with E-state index >= 15 is 0 Å². The lowest BCUT2D eigenvalue weighted by Crippen LogP contribution is -2.25. The van der Waals surface area contributed by atoms with Crippen LogP contribution in [0, 0.1) is 0 Å². The minimum absolute atomic E-state index is 0.0470. The molecule has 0 unspecified atom stereocenters. The van der Waals surface area contributed by atoms with Crippen LogP contribution in [0.1, 0.15) is 22.3 Å². The molecular weight excluding hydrogens is 398 g/mol. The highest BCUT2D eigenvalue weighted by molar-refractivity contribution is 5.84. The fraction of sp³-hybridized carbons (Fsp3) is 0.0938. The van der Waals surface area contributed by atoms with Crippen LogP contribution in [0.5, 0.6) is 0 Å². The molecule has 0 atom stereocenters. The molecule has 1 heterocycles. The van der Waals surface area contributed by atoms with Crippen LogP contribution in [0.25, 0.3) is 33.5 Å². The molecule has 2 aliphatic carbocycles. The van der Waals surface area contributed by atoms with Gasteiger partial charge in [-0.05, 0) is 57.9 Å². The maximum Gasteiger partial charge on any atom is 0.0780 e. The fourth-order valence-electron chi connectivity index (χ4n) is 6.10. The first-order chi connectivity index (χ1) is 16.3. The summed E-state index contributed by atoms with van der Waals surface area (Å²) in [5, 5.41) is 0. The molecule has 1 aromatic heterocycles. The van der Waals surface area contributed by atoms with Gasteiger partial charge in [-0.3, -0.25) is 4.98 Å². The number of nitrogens with zero attached hydrogens (tertiary/aromatic N) is 1. The van der Waals surface area contributed by atoms with E-state index in [1.54, 1.807) is 0 Å². The maximum atomic E-state index is 4.75. The normalized spacial score (nSPS) is 14.7. The first kappa shape index (κ1) is 18.6. The summed E-state index contributed by atoms with van der Waals surface area (Å²) in [6.45, 7) is 0. The Hall–Kier alpha value is -3.97. The first-order valence-electron chi connectivity index (χ1n) is 11.7. The van der Waals surface area contributed by atoms with E-state index in [1.807, 2.05) is 12.3 Å². The van der Waals surface area contributed by atoms with Gasteiger partial charge in [-0.15, -0.1) is 0 Å². The lowest BCUT2D eigenvalue weighted by Gasteiger charge is -2.26. The lowest BCUT2D eigenvalue weighted by molar-refractivity contribution is 0.563. The number of fused-ring (bicyclic) bond motifs is 6. The third-order valence-electron chi connectivity index (χ3n) is 7.53. The summed E-state index contributed by atoms with van der Waals surface area (Å²) < 4.78 is 0. The summed E-state index contributed by atoms with van der Waals surface area (Å²) in [5.74, 6) is 0. The summed E-state index contributed by atoms with van der Waals surface area (Å²) in [7, 11) is 0. The van der Waals surface area contributed by atoms with Gasteiger partial charge in [0.05, 0.1) is 5.69 Å². The number of aromatic nitrogens is 1. The average Bonchev–Trinajstić information content (AvgIpc) is 3.41. The van der Waals surface area contributed by atoms with Gasteiger partial charge in [0.2, 0.25) is 0 Å². The molecule has 0 N–H and O–H groups in total. The number of hydrogen-bond acceptors (Lipinski definition) is 1. The molecule has 0 bridgehead atoms. The van der Waals surface area contributed by atoms with Crippen molar-refractivity contribution in [3.8, 4) is 33.5 Å². The van der Waals surface area contributed by atoms with E-state index in [2.05, 4.69) is 103 Å². The van der Waals surface area contributed by atoms with Gasteiger partial charge in [0.15, 0.2) is 0 Å². The number of benzene rings is 4. The van der Waals surface area contributed by atoms with Crippen molar-refractivity contribution in [1.82, 2.24) is 4.98 Å².